The van der Waals surface area contributed by atoms with E-state index in [9.17, 15) is 0 Å². The van der Waals surface area contributed by atoms with Crippen molar-refractivity contribution >= 4 is 0 Å². The fourth-order valence-corrected chi connectivity index (χ4v) is 2.69. The summed E-state index contributed by atoms with van der Waals surface area (Å²) >= 11 is 0. The molecule has 18 heavy (non-hydrogen) atoms. The van der Waals surface area contributed by atoms with Crippen LogP contribution in [-0.2, 0) is 0 Å². The number of nitrogens with one attached hydrogen (secondary N) is 1. The third kappa shape index (κ3) is 3.33. The maximum atomic E-state index is 5.67. The molecular formula is C16H26N2. The molecule has 1 fully saturated rings. The molecule has 3 N–H and O–H groups in total. The molecule has 0 aromatic heterocycles. The van der Waals surface area contributed by atoms with Gasteiger partial charge in [-0.3, -0.25) is 11.3 Å². The van der Waals surface area contributed by atoms with E-state index in [2.05, 4.69) is 36.6 Å². The second-order valence-corrected chi connectivity index (χ2v) is 5.51. The molecule has 1 aliphatic rings. The number of hydrogen-bond acceptors (Lipinski definition) is 2. The lowest BCUT2D eigenvalue weighted by atomic mass is 9.80. The van der Waals surface area contributed by atoms with Crippen LogP contribution >= 0.6 is 0 Å². The average Bonchev–Trinajstić information content (AvgIpc) is 2.34. The van der Waals surface area contributed by atoms with E-state index in [0.29, 0.717) is 6.04 Å². The highest BCUT2D eigenvalue weighted by molar-refractivity contribution is 5.28. The zero-order valence-corrected chi connectivity index (χ0v) is 11.5. The molecule has 0 aliphatic heterocycles. The van der Waals surface area contributed by atoms with Crippen LogP contribution in [0.4, 0.5) is 0 Å². The minimum atomic E-state index is 0.312. The lowest BCUT2D eigenvalue weighted by Crippen LogP contribution is -2.28. The van der Waals surface area contributed by atoms with E-state index in [4.69, 9.17) is 5.84 Å². The third-order valence-electron chi connectivity index (χ3n) is 4.21. The van der Waals surface area contributed by atoms with Crippen LogP contribution in [0.1, 0.15) is 75.0 Å². The minimum absolute atomic E-state index is 0.312. The number of unbranched alkanes of at least 4 members (excludes halogenated alkanes) is 2. The summed E-state index contributed by atoms with van der Waals surface area (Å²) in [4.78, 5) is 0. The first-order valence-electron chi connectivity index (χ1n) is 7.41. The first-order chi connectivity index (χ1) is 8.85. The van der Waals surface area contributed by atoms with Crippen LogP contribution in [-0.4, -0.2) is 0 Å². The van der Waals surface area contributed by atoms with Crippen molar-refractivity contribution in [2.45, 2.75) is 63.8 Å². The van der Waals surface area contributed by atoms with Gasteiger partial charge in [-0.1, -0.05) is 56.9 Å². The summed E-state index contributed by atoms with van der Waals surface area (Å²) in [6.07, 6.45) is 9.07. The Morgan fingerprint density at radius 3 is 2.44 bits per heavy atom. The molecule has 2 heteroatoms. The van der Waals surface area contributed by atoms with Crippen LogP contribution in [0, 0.1) is 0 Å². The van der Waals surface area contributed by atoms with Crippen molar-refractivity contribution < 1.29 is 0 Å². The average molecular weight is 246 g/mol. The Kier molecular flexibility index (Phi) is 5.21. The van der Waals surface area contributed by atoms with Crippen molar-refractivity contribution in [3.05, 3.63) is 35.4 Å². The Labute approximate surface area is 111 Å². The van der Waals surface area contributed by atoms with Crippen molar-refractivity contribution in [3.63, 3.8) is 0 Å². The van der Waals surface area contributed by atoms with Crippen LogP contribution in [0.25, 0.3) is 0 Å². The van der Waals surface area contributed by atoms with Gasteiger partial charge in [-0.25, -0.2) is 0 Å². The number of hydrazine groups is 1. The van der Waals surface area contributed by atoms with Crippen LogP contribution in [0.15, 0.2) is 24.3 Å². The maximum Gasteiger partial charge on any atom is 0.0460 e. The number of nitrogens with two attached hydrogens (primary N) is 1. The predicted octanol–water partition coefficient (Wildman–Crippen LogP) is 4.04. The van der Waals surface area contributed by atoms with Gasteiger partial charge < -0.3 is 0 Å². The summed E-state index contributed by atoms with van der Waals surface area (Å²) in [6, 6.07) is 9.41. The van der Waals surface area contributed by atoms with E-state index < -0.39 is 0 Å². The van der Waals surface area contributed by atoms with Crippen molar-refractivity contribution in [2.24, 2.45) is 5.84 Å². The van der Waals surface area contributed by atoms with Crippen LogP contribution in [0.5, 0.6) is 0 Å². The minimum Gasteiger partial charge on any atom is -0.271 e. The molecule has 0 amide bonds. The van der Waals surface area contributed by atoms with Gasteiger partial charge in [0.2, 0.25) is 0 Å². The largest absolute Gasteiger partial charge is 0.271 e. The van der Waals surface area contributed by atoms with Gasteiger partial charge in [0, 0.05) is 6.04 Å². The molecular weight excluding hydrogens is 220 g/mol. The second kappa shape index (κ2) is 6.91. The van der Waals surface area contributed by atoms with Crippen LogP contribution in [0.3, 0.4) is 0 Å². The van der Waals surface area contributed by atoms with E-state index in [0.717, 1.165) is 12.3 Å². The molecule has 1 aliphatic carbocycles. The Balaban J connectivity index is 1.93. The highest BCUT2D eigenvalue weighted by Gasteiger charge is 2.19. The number of benzene rings is 1. The molecule has 1 atom stereocenters. The molecule has 1 saturated carbocycles. The molecule has 1 aromatic carbocycles. The van der Waals surface area contributed by atoms with Crippen molar-refractivity contribution in [2.75, 3.05) is 0 Å². The zero-order chi connectivity index (χ0) is 12.8. The topological polar surface area (TPSA) is 38.0 Å². The summed E-state index contributed by atoms with van der Waals surface area (Å²) in [5, 5.41) is 0. The molecule has 0 radical (unpaired) electrons. The Morgan fingerprint density at radius 1 is 1.22 bits per heavy atom. The van der Waals surface area contributed by atoms with E-state index in [1.54, 1.807) is 0 Å². The molecule has 1 aromatic rings. The van der Waals surface area contributed by atoms with Crippen LogP contribution in [0.2, 0.25) is 0 Å². The smallest absolute Gasteiger partial charge is 0.0460 e. The van der Waals surface area contributed by atoms with E-state index in [-0.39, 0.29) is 0 Å². The van der Waals surface area contributed by atoms with Gasteiger partial charge in [-0.15, -0.1) is 0 Å². The van der Waals surface area contributed by atoms with E-state index >= 15 is 0 Å². The fourth-order valence-electron chi connectivity index (χ4n) is 2.69. The highest BCUT2D eigenvalue weighted by atomic mass is 15.2. The highest BCUT2D eigenvalue weighted by Crippen LogP contribution is 2.36. The lowest BCUT2D eigenvalue weighted by molar-refractivity contribution is 0.419. The summed E-state index contributed by atoms with van der Waals surface area (Å²) in [7, 11) is 0. The SMILES string of the molecule is CCCCCC(NN)c1ccc(C2CCC2)cc1. The quantitative estimate of drug-likeness (QED) is 0.433. The molecule has 0 heterocycles. The summed E-state index contributed by atoms with van der Waals surface area (Å²) in [5.74, 6) is 6.49. The molecule has 0 saturated heterocycles. The Bertz CT molecular complexity index is 341. The predicted molar refractivity (Wildman–Crippen MR) is 77.2 cm³/mol. The third-order valence-corrected chi connectivity index (χ3v) is 4.21. The number of rotatable bonds is 7. The maximum absolute atomic E-state index is 5.67. The molecule has 1 unspecified atom stereocenters. The van der Waals surface area contributed by atoms with Gasteiger partial charge in [0.25, 0.3) is 0 Å². The van der Waals surface area contributed by atoms with Crippen molar-refractivity contribution in [1.29, 1.82) is 0 Å². The van der Waals surface area contributed by atoms with Crippen molar-refractivity contribution in [3.8, 4) is 0 Å². The van der Waals surface area contributed by atoms with Crippen LogP contribution < -0.4 is 11.3 Å². The van der Waals surface area contributed by atoms with Gasteiger partial charge in [-0.05, 0) is 36.3 Å². The van der Waals surface area contributed by atoms with Crippen molar-refractivity contribution in [1.82, 2.24) is 5.43 Å². The molecule has 0 spiro atoms. The van der Waals surface area contributed by atoms with Gasteiger partial charge in [0.15, 0.2) is 0 Å². The first-order valence-corrected chi connectivity index (χ1v) is 7.41. The van der Waals surface area contributed by atoms with Gasteiger partial charge in [-0.2, -0.15) is 0 Å². The molecule has 100 valence electrons. The Hall–Kier alpha value is -0.860. The zero-order valence-electron chi connectivity index (χ0n) is 11.5. The van der Waals surface area contributed by atoms with Gasteiger partial charge in [0.1, 0.15) is 0 Å². The summed E-state index contributed by atoms with van der Waals surface area (Å²) in [6.45, 7) is 2.23. The van der Waals surface area contributed by atoms with E-state index in [1.807, 2.05) is 0 Å². The summed E-state index contributed by atoms with van der Waals surface area (Å²) in [5.41, 5.74) is 5.79. The molecule has 0 bridgehead atoms. The van der Waals surface area contributed by atoms with Gasteiger partial charge >= 0.3 is 0 Å². The van der Waals surface area contributed by atoms with E-state index in [1.165, 1.54) is 49.7 Å². The fraction of sp³-hybridized carbons (Fsp3) is 0.625. The number of hydrogen-bond donors (Lipinski definition) is 2. The molecule has 2 nitrogen and oxygen atoms in total. The normalized spacial score (nSPS) is 17.4. The first kappa shape index (κ1) is 13.6. The second-order valence-electron chi connectivity index (χ2n) is 5.51. The standard InChI is InChI=1S/C16H26N2/c1-2-3-4-8-16(18-17)15-11-9-14(10-12-15)13-6-5-7-13/h9-13,16,18H,2-8,17H2,1H3. The summed E-state index contributed by atoms with van der Waals surface area (Å²) < 4.78 is 0. The van der Waals surface area contributed by atoms with Gasteiger partial charge in [0.05, 0.1) is 0 Å². The molecule has 2 rings (SSSR count). The Morgan fingerprint density at radius 2 is 1.94 bits per heavy atom. The monoisotopic (exact) mass is 246 g/mol. The lowest BCUT2D eigenvalue weighted by Gasteiger charge is -2.26.